The first-order chi connectivity index (χ1) is 7.75. The molecule has 16 heavy (non-hydrogen) atoms. The van der Waals surface area contributed by atoms with Crippen LogP contribution in [0.1, 0.15) is 44.2 Å². The minimum atomic E-state index is 0.677. The van der Waals surface area contributed by atoms with E-state index in [1.165, 1.54) is 41.7 Å². The van der Waals surface area contributed by atoms with Crippen LogP contribution in [0.2, 0.25) is 0 Å². The van der Waals surface area contributed by atoms with Crippen molar-refractivity contribution in [2.24, 2.45) is 5.92 Å². The van der Waals surface area contributed by atoms with Crippen LogP contribution in [-0.2, 0) is 6.54 Å². The van der Waals surface area contributed by atoms with E-state index >= 15 is 0 Å². The summed E-state index contributed by atoms with van der Waals surface area (Å²) < 4.78 is 3.36. The van der Waals surface area contributed by atoms with Gasteiger partial charge in [-0.15, -0.1) is 0 Å². The topological polar surface area (TPSA) is 29.9 Å². The molecule has 0 aromatic carbocycles. The fourth-order valence-electron chi connectivity index (χ4n) is 2.85. The van der Waals surface area contributed by atoms with E-state index in [1.807, 2.05) is 0 Å². The number of anilines is 1. The van der Waals surface area contributed by atoms with Crippen molar-refractivity contribution in [2.75, 3.05) is 11.9 Å². The van der Waals surface area contributed by atoms with Gasteiger partial charge in [-0.2, -0.15) is 5.10 Å². The van der Waals surface area contributed by atoms with Crippen LogP contribution in [0.25, 0.3) is 0 Å². The van der Waals surface area contributed by atoms with E-state index in [-0.39, 0.29) is 0 Å². The van der Waals surface area contributed by atoms with E-state index in [0.717, 1.165) is 13.1 Å². The summed E-state index contributed by atoms with van der Waals surface area (Å²) in [5.74, 6) is 2.56. The maximum absolute atomic E-state index is 4.79. The zero-order chi connectivity index (χ0) is 11.1. The maximum atomic E-state index is 4.79. The number of nitrogens with zero attached hydrogens (tertiary/aromatic N) is 2. The highest BCUT2D eigenvalue weighted by molar-refractivity contribution is 9.10. The van der Waals surface area contributed by atoms with E-state index in [2.05, 4.69) is 32.9 Å². The number of aromatic nitrogens is 2. The van der Waals surface area contributed by atoms with Gasteiger partial charge in [-0.1, -0.05) is 19.8 Å². The lowest BCUT2D eigenvalue weighted by molar-refractivity contribution is 0.440. The Morgan fingerprint density at radius 3 is 2.88 bits per heavy atom. The van der Waals surface area contributed by atoms with Crippen molar-refractivity contribution in [3.05, 3.63) is 10.2 Å². The van der Waals surface area contributed by atoms with Crippen LogP contribution < -0.4 is 5.32 Å². The molecule has 2 heterocycles. The SMILES string of the molecule is CC1CNc2c(Br)c(C3CCCC3)nn2C1. The average Bonchev–Trinajstić information content (AvgIpc) is 2.86. The van der Waals surface area contributed by atoms with Gasteiger partial charge in [0.2, 0.25) is 0 Å². The van der Waals surface area contributed by atoms with Gasteiger partial charge in [0, 0.05) is 19.0 Å². The van der Waals surface area contributed by atoms with Crippen molar-refractivity contribution in [3.8, 4) is 0 Å². The van der Waals surface area contributed by atoms with Crippen LogP contribution in [-0.4, -0.2) is 16.3 Å². The molecule has 1 saturated carbocycles. The molecule has 1 aliphatic heterocycles. The summed E-state index contributed by atoms with van der Waals surface area (Å²) in [5.41, 5.74) is 1.29. The molecule has 1 N–H and O–H groups in total. The van der Waals surface area contributed by atoms with Crippen molar-refractivity contribution >= 4 is 21.7 Å². The normalized spacial score (nSPS) is 25.5. The Bertz CT molecular complexity index is 393. The maximum Gasteiger partial charge on any atom is 0.139 e. The molecule has 3 nitrogen and oxygen atoms in total. The fourth-order valence-corrected chi connectivity index (χ4v) is 3.60. The molecule has 0 spiro atoms. The van der Waals surface area contributed by atoms with Gasteiger partial charge in [-0.25, -0.2) is 4.68 Å². The van der Waals surface area contributed by atoms with Crippen LogP contribution in [0.4, 0.5) is 5.82 Å². The van der Waals surface area contributed by atoms with Gasteiger partial charge in [0.25, 0.3) is 0 Å². The molecule has 2 aliphatic rings. The Kier molecular flexibility index (Phi) is 2.70. The van der Waals surface area contributed by atoms with Crippen molar-refractivity contribution in [3.63, 3.8) is 0 Å². The molecule has 1 aliphatic carbocycles. The number of halogens is 1. The molecule has 0 radical (unpaired) electrons. The molecule has 0 saturated heterocycles. The largest absolute Gasteiger partial charge is 0.369 e. The van der Waals surface area contributed by atoms with E-state index in [1.54, 1.807) is 0 Å². The lowest BCUT2D eigenvalue weighted by Gasteiger charge is -2.21. The summed E-state index contributed by atoms with van der Waals surface area (Å²) in [6.07, 6.45) is 5.35. The lowest BCUT2D eigenvalue weighted by atomic mass is 10.0. The highest BCUT2D eigenvalue weighted by Gasteiger charge is 2.27. The predicted molar refractivity (Wildman–Crippen MR) is 68.8 cm³/mol. The highest BCUT2D eigenvalue weighted by atomic mass is 79.9. The molecule has 3 rings (SSSR count). The zero-order valence-corrected chi connectivity index (χ0v) is 11.3. The quantitative estimate of drug-likeness (QED) is 0.857. The summed E-state index contributed by atoms with van der Waals surface area (Å²) >= 11 is 3.72. The second kappa shape index (κ2) is 4.06. The van der Waals surface area contributed by atoms with Crippen LogP contribution in [0.5, 0.6) is 0 Å². The first-order valence-corrected chi connectivity index (χ1v) is 7.05. The third-order valence-corrected chi connectivity index (χ3v) is 4.55. The molecular formula is C12H18BrN3. The number of hydrogen-bond acceptors (Lipinski definition) is 2. The van der Waals surface area contributed by atoms with Crippen molar-refractivity contribution in [2.45, 2.75) is 45.1 Å². The molecule has 1 unspecified atom stereocenters. The summed E-state index contributed by atoms with van der Waals surface area (Å²) in [4.78, 5) is 0. The second-order valence-electron chi connectivity index (χ2n) is 5.20. The molecule has 88 valence electrons. The van der Waals surface area contributed by atoms with Gasteiger partial charge in [0.05, 0.1) is 10.2 Å². The van der Waals surface area contributed by atoms with E-state index in [9.17, 15) is 0 Å². The average molecular weight is 284 g/mol. The Labute approximate surface area is 105 Å². The molecule has 1 atom stereocenters. The van der Waals surface area contributed by atoms with Crippen LogP contribution in [0.15, 0.2) is 4.47 Å². The Morgan fingerprint density at radius 1 is 1.38 bits per heavy atom. The Hall–Kier alpha value is -0.510. The number of fused-ring (bicyclic) bond motifs is 1. The van der Waals surface area contributed by atoms with Crippen LogP contribution in [0, 0.1) is 5.92 Å². The highest BCUT2D eigenvalue weighted by Crippen LogP contribution is 2.40. The first kappa shape index (κ1) is 10.6. The van der Waals surface area contributed by atoms with E-state index in [0.29, 0.717) is 11.8 Å². The van der Waals surface area contributed by atoms with Gasteiger partial charge in [-0.3, -0.25) is 0 Å². The molecule has 4 heteroatoms. The smallest absolute Gasteiger partial charge is 0.139 e. The molecule has 1 aromatic heterocycles. The van der Waals surface area contributed by atoms with Gasteiger partial charge in [0.15, 0.2) is 0 Å². The standard InChI is InChI=1S/C12H18BrN3/c1-8-6-14-12-10(13)11(15-16(12)7-8)9-4-2-3-5-9/h8-9,14H,2-7H2,1H3. The monoisotopic (exact) mass is 283 g/mol. The van der Waals surface area contributed by atoms with Gasteiger partial charge < -0.3 is 5.32 Å². The van der Waals surface area contributed by atoms with Crippen LogP contribution >= 0.6 is 15.9 Å². The summed E-state index contributed by atoms with van der Waals surface area (Å²) in [6, 6.07) is 0. The molecule has 1 fully saturated rings. The Balaban J connectivity index is 1.95. The lowest BCUT2D eigenvalue weighted by Crippen LogP contribution is -2.25. The third kappa shape index (κ3) is 1.67. The fraction of sp³-hybridized carbons (Fsp3) is 0.750. The Morgan fingerprint density at radius 2 is 2.12 bits per heavy atom. The number of rotatable bonds is 1. The second-order valence-corrected chi connectivity index (χ2v) is 5.99. The van der Waals surface area contributed by atoms with E-state index in [4.69, 9.17) is 5.10 Å². The number of nitrogens with one attached hydrogen (secondary N) is 1. The minimum Gasteiger partial charge on any atom is -0.369 e. The molecule has 0 amide bonds. The van der Waals surface area contributed by atoms with Crippen LogP contribution in [0.3, 0.4) is 0 Å². The number of hydrogen-bond donors (Lipinski definition) is 1. The van der Waals surface area contributed by atoms with Gasteiger partial charge in [0.1, 0.15) is 5.82 Å². The molecular weight excluding hydrogens is 266 g/mol. The zero-order valence-electron chi connectivity index (χ0n) is 9.67. The van der Waals surface area contributed by atoms with Crippen molar-refractivity contribution in [1.29, 1.82) is 0 Å². The summed E-state index contributed by atoms with van der Waals surface area (Å²) in [7, 11) is 0. The minimum absolute atomic E-state index is 0.677. The molecule has 0 bridgehead atoms. The van der Waals surface area contributed by atoms with Crippen molar-refractivity contribution in [1.82, 2.24) is 9.78 Å². The summed E-state index contributed by atoms with van der Waals surface area (Å²) in [5, 5.41) is 8.27. The van der Waals surface area contributed by atoms with Crippen molar-refractivity contribution < 1.29 is 0 Å². The molecule has 1 aromatic rings. The first-order valence-electron chi connectivity index (χ1n) is 6.25. The third-order valence-electron chi connectivity index (χ3n) is 3.76. The predicted octanol–water partition coefficient (Wildman–Crippen LogP) is 3.36. The van der Waals surface area contributed by atoms with E-state index < -0.39 is 0 Å². The van der Waals surface area contributed by atoms with Gasteiger partial charge >= 0.3 is 0 Å². The summed E-state index contributed by atoms with van der Waals surface area (Å²) in [6.45, 7) is 4.38. The van der Waals surface area contributed by atoms with Gasteiger partial charge in [-0.05, 0) is 34.7 Å².